The Balaban J connectivity index is 1.50. The van der Waals surface area contributed by atoms with Crippen LogP contribution < -0.4 is 10.2 Å². The molecule has 0 spiro atoms. The molecule has 0 aromatic heterocycles. The summed E-state index contributed by atoms with van der Waals surface area (Å²) in [4.78, 5) is 12.9. The third kappa shape index (κ3) is 6.44. The molecule has 0 saturated heterocycles. The fourth-order valence-electron chi connectivity index (χ4n) is 2.34. The summed E-state index contributed by atoms with van der Waals surface area (Å²) in [7, 11) is 0. The van der Waals surface area contributed by atoms with Gasteiger partial charge in [-0.15, -0.1) is 11.8 Å². The fraction of sp³-hybridized carbons (Fsp3) is 0.0909. The van der Waals surface area contributed by atoms with E-state index in [-0.39, 0.29) is 11.7 Å². The maximum Gasteiger partial charge on any atom is 0.250 e. The Hall–Kier alpha value is -2.76. The van der Waals surface area contributed by atoms with Crippen molar-refractivity contribution in [3.8, 4) is 5.75 Å². The van der Waals surface area contributed by atoms with Crippen LogP contribution in [-0.4, -0.2) is 17.9 Å². The molecule has 0 radical (unpaired) electrons. The van der Waals surface area contributed by atoms with Gasteiger partial charge >= 0.3 is 0 Å². The number of rotatable bonds is 8. The molecule has 0 heterocycles. The van der Waals surface area contributed by atoms with Crippen LogP contribution in [0.5, 0.6) is 5.75 Å². The van der Waals surface area contributed by atoms with E-state index in [1.54, 1.807) is 18.3 Å². The summed E-state index contributed by atoms with van der Waals surface area (Å²) >= 11 is 7.28. The minimum Gasteiger partial charge on any atom is -0.488 e. The molecule has 3 aromatic rings. The van der Waals surface area contributed by atoms with Crippen LogP contribution in [0.3, 0.4) is 0 Å². The number of benzene rings is 3. The molecule has 142 valence electrons. The lowest BCUT2D eigenvalue weighted by atomic mass is 10.2. The van der Waals surface area contributed by atoms with Crippen LogP contribution in [0.4, 0.5) is 0 Å². The van der Waals surface area contributed by atoms with Crippen molar-refractivity contribution >= 4 is 35.5 Å². The highest BCUT2D eigenvalue weighted by Crippen LogP contribution is 2.20. The Morgan fingerprint density at radius 3 is 2.50 bits per heavy atom. The lowest BCUT2D eigenvalue weighted by Gasteiger charge is -2.09. The first-order valence-electron chi connectivity index (χ1n) is 8.67. The van der Waals surface area contributed by atoms with Crippen molar-refractivity contribution in [2.24, 2.45) is 5.10 Å². The predicted molar refractivity (Wildman–Crippen MR) is 115 cm³/mol. The number of ether oxygens (including phenoxy) is 1. The molecule has 28 heavy (non-hydrogen) atoms. The van der Waals surface area contributed by atoms with Gasteiger partial charge in [0.15, 0.2) is 0 Å². The zero-order valence-electron chi connectivity index (χ0n) is 15.0. The maximum atomic E-state index is 12.0. The zero-order valence-corrected chi connectivity index (χ0v) is 16.6. The summed E-state index contributed by atoms with van der Waals surface area (Å²) in [5.41, 5.74) is 4.42. The third-order valence-corrected chi connectivity index (χ3v) is 5.00. The first-order chi connectivity index (χ1) is 13.7. The largest absolute Gasteiger partial charge is 0.488 e. The number of hydrazone groups is 1. The number of para-hydroxylation sites is 1. The molecule has 1 amide bonds. The van der Waals surface area contributed by atoms with Crippen molar-refractivity contribution in [1.82, 2.24) is 5.43 Å². The lowest BCUT2D eigenvalue weighted by Crippen LogP contribution is -2.19. The second-order valence-electron chi connectivity index (χ2n) is 5.85. The molecule has 6 heteroatoms. The smallest absolute Gasteiger partial charge is 0.250 e. The number of halogens is 1. The normalized spacial score (nSPS) is 10.8. The Bertz CT molecular complexity index is 931. The van der Waals surface area contributed by atoms with Crippen molar-refractivity contribution in [3.63, 3.8) is 0 Å². The molecule has 0 aliphatic carbocycles. The Labute approximate surface area is 173 Å². The zero-order chi connectivity index (χ0) is 19.6. The van der Waals surface area contributed by atoms with Gasteiger partial charge in [-0.25, -0.2) is 5.43 Å². The highest BCUT2D eigenvalue weighted by Gasteiger charge is 2.03. The molecule has 0 aliphatic rings. The number of hydrogen-bond acceptors (Lipinski definition) is 4. The topological polar surface area (TPSA) is 50.7 Å². The van der Waals surface area contributed by atoms with Gasteiger partial charge in [0.05, 0.1) is 12.0 Å². The standard InChI is InChI=1S/C22H19ClN2O2S/c23-19-10-12-20(13-11-19)28-16-22(26)25-24-14-18-8-4-5-9-21(18)27-15-17-6-2-1-3-7-17/h1-14H,15-16H2,(H,25,26)/b24-14-. The number of nitrogens with zero attached hydrogens (tertiary/aromatic N) is 1. The number of thioether (sulfide) groups is 1. The quantitative estimate of drug-likeness (QED) is 0.317. The third-order valence-electron chi connectivity index (χ3n) is 3.73. The van der Waals surface area contributed by atoms with E-state index >= 15 is 0 Å². The molecule has 0 atom stereocenters. The second kappa shape index (κ2) is 10.5. The monoisotopic (exact) mass is 410 g/mol. The molecule has 0 bridgehead atoms. The first kappa shape index (κ1) is 20.0. The molecular weight excluding hydrogens is 392 g/mol. The van der Waals surface area contributed by atoms with Gasteiger partial charge in [0.25, 0.3) is 0 Å². The molecule has 0 aliphatic heterocycles. The molecular formula is C22H19ClN2O2S. The van der Waals surface area contributed by atoms with Gasteiger partial charge < -0.3 is 4.74 Å². The van der Waals surface area contributed by atoms with Gasteiger partial charge in [-0.05, 0) is 42.0 Å². The molecule has 3 aromatic carbocycles. The summed E-state index contributed by atoms with van der Waals surface area (Å²) in [5.74, 6) is 0.796. The molecule has 0 fully saturated rings. The first-order valence-corrected chi connectivity index (χ1v) is 10.0. The van der Waals surface area contributed by atoms with Crippen LogP contribution in [0.25, 0.3) is 0 Å². The van der Waals surface area contributed by atoms with Crippen LogP contribution in [-0.2, 0) is 11.4 Å². The van der Waals surface area contributed by atoms with Crippen molar-refractivity contribution < 1.29 is 9.53 Å². The van der Waals surface area contributed by atoms with Gasteiger partial charge in [0.1, 0.15) is 12.4 Å². The minimum atomic E-state index is -0.182. The van der Waals surface area contributed by atoms with E-state index in [1.165, 1.54) is 11.8 Å². The van der Waals surface area contributed by atoms with E-state index in [0.717, 1.165) is 16.0 Å². The Morgan fingerprint density at radius 1 is 1.00 bits per heavy atom. The van der Waals surface area contributed by atoms with E-state index in [2.05, 4.69) is 10.5 Å². The summed E-state index contributed by atoms with van der Waals surface area (Å²) in [6, 6.07) is 24.9. The van der Waals surface area contributed by atoms with E-state index in [0.29, 0.717) is 17.4 Å². The Morgan fingerprint density at radius 2 is 1.71 bits per heavy atom. The van der Waals surface area contributed by atoms with Crippen molar-refractivity contribution in [3.05, 3.63) is 95.0 Å². The van der Waals surface area contributed by atoms with Crippen LogP contribution in [0, 0.1) is 0 Å². The summed E-state index contributed by atoms with van der Waals surface area (Å²) < 4.78 is 5.88. The fourth-order valence-corrected chi connectivity index (χ4v) is 3.16. The number of nitrogens with one attached hydrogen (secondary N) is 1. The average molecular weight is 411 g/mol. The number of carbonyl (C=O) groups excluding carboxylic acids is 1. The molecule has 0 saturated carbocycles. The maximum absolute atomic E-state index is 12.0. The summed E-state index contributed by atoms with van der Waals surface area (Å²) in [6.45, 7) is 0.468. The van der Waals surface area contributed by atoms with Crippen molar-refractivity contribution in [2.75, 3.05) is 5.75 Å². The predicted octanol–water partition coefficient (Wildman–Crippen LogP) is 5.16. The van der Waals surface area contributed by atoms with Gasteiger partial charge in [-0.1, -0.05) is 54.1 Å². The highest BCUT2D eigenvalue weighted by atomic mass is 35.5. The number of hydrogen-bond donors (Lipinski definition) is 1. The summed E-state index contributed by atoms with van der Waals surface area (Å²) in [5, 5.41) is 4.72. The molecule has 3 rings (SSSR count). The van der Waals surface area contributed by atoms with E-state index in [4.69, 9.17) is 16.3 Å². The van der Waals surface area contributed by atoms with Gasteiger partial charge in [-0.3, -0.25) is 4.79 Å². The highest BCUT2D eigenvalue weighted by molar-refractivity contribution is 8.00. The molecule has 0 unspecified atom stereocenters. The second-order valence-corrected chi connectivity index (χ2v) is 7.33. The minimum absolute atomic E-state index is 0.182. The Kier molecular flexibility index (Phi) is 7.53. The van der Waals surface area contributed by atoms with E-state index < -0.39 is 0 Å². The van der Waals surface area contributed by atoms with Gasteiger partial charge in [-0.2, -0.15) is 5.10 Å². The molecule has 4 nitrogen and oxygen atoms in total. The van der Waals surface area contributed by atoms with Crippen molar-refractivity contribution in [2.45, 2.75) is 11.5 Å². The van der Waals surface area contributed by atoms with Crippen LogP contribution in [0.2, 0.25) is 5.02 Å². The van der Waals surface area contributed by atoms with Crippen molar-refractivity contribution in [1.29, 1.82) is 0 Å². The van der Waals surface area contributed by atoms with Gasteiger partial charge in [0, 0.05) is 15.5 Å². The van der Waals surface area contributed by atoms with E-state index in [9.17, 15) is 4.79 Å². The molecule has 1 N–H and O–H groups in total. The van der Waals surface area contributed by atoms with Crippen LogP contribution >= 0.6 is 23.4 Å². The number of carbonyl (C=O) groups is 1. The van der Waals surface area contributed by atoms with Gasteiger partial charge in [0.2, 0.25) is 5.91 Å². The lowest BCUT2D eigenvalue weighted by molar-refractivity contribution is -0.118. The summed E-state index contributed by atoms with van der Waals surface area (Å²) in [6.07, 6.45) is 1.59. The average Bonchev–Trinajstić information content (AvgIpc) is 2.73. The SMILES string of the molecule is O=C(CSc1ccc(Cl)cc1)N/N=C\c1ccccc1OCc1ccccc1. The van der Waals surface area contributed by atoms with Crippen LogP contribution in [0.15, 0.2) is 88.9 Å². The number of amides is 1. The van der Waals surface area contributed by atoms with E-state index in [1.807, 2.05) is 66.7 Å². The van der Waals surface area contributed by atoms with Crippen LogP contribution in [0.1, 0.15) is 11.1 Å².